The molecule has 1 N–H and O–H groups in total. The van der Waals surface area contributed by atoms with Gasteiger partial charge in [0, 0.05) is 26.4 Å². The van der Waals surface area contributed by atoms with E-state index in [4.69, 9.17) is 21.7 Å². The number of thioether (sulfide) groups is 1. The number of carbonyl (C=O) groups is 1. The Labute approximate surface area is 212 Å². The number of carbonyl (C=O) groups excluding carboxylic acids is 1. The van der Waals surface area contributed by atoms with Gasteiger partial charge in [-0.05, 0) is 48.7 Å². The van der Waals surface area contributed by atoms with Crippen LogP contribution in [-0.2, 0) is 16.0 Å². The van der Waals surface area contributed by atoms with Crippen LogP contribution in [0.1, 0.15) is 16.7 Å². The number of nitrogens with one attached hydrogen (secondary N) is 1. The van der Waals surface area contributed by atoms with Crippen molar-refractivity contribution in [3.8, 4) is 5.75 Å². The van der Waals surface area contributed by atoms with E-state index in [0.717, 1.165) is 16.9 Å². The first kappa shape index (κ1) is 24.9. The van der Waals surface area contributed by atoms with Crippen molar-refractivity contribution in [1.29, 1.82) is 0 Å². The average molecular weight is 511 g/mol. The summed E-state index contributed by atoms with van der Waals surface area (Å²) in [6.45, 7) is 3.26. The maximum Gasteiger partial charge on any atom is 0.267 e. The van der Waals surface area contributed by atoms with E-state index in [1.165, 1.54) is 16.2 Å². The summed E-state index contributed by atoms with van der Waals surface area (Å²) >= 11 is 6.68. The van der Waals surface area contributed by atoms with Crippen LogP contribution in [0.15, 0.2) is 52.3 Å². The first-order chi connectivity index (χ1) is 16.9. The zero-order chi connectivity index (χ0) is 24.9. The van der Waals surface area contributed by atoms with Crippen molar-refractivity contribution in [2.75, 3.05) is 39.2 Å². The molecule has 0 radical (unpaired) electrons. The molecule has 1 amide bonds. The number of anilines is 1. The molecule has 182 valence electrons. The molecule has 2 aromatic heterocycles. The van der Waals surface area contributed by atoms with Gasteiger partial charge in [-0.1, -0.05) is 42.2 Å². The number of hydrogen-bond donors (Lipinski definition) is 1. The molecule has 35 heavy (non-hydrogen) atoms. The van der Waals surface area contributed by atoms with Crippen LogP contribution < -0.4 is 15.6 Å². The van der Waals surface area contributed by atoms with Crippen molar-refractivity contribution in [3.05, 3.63) is 74.5 Å². The monoisotopic (exact) mass is 510 g/mol. The maximum absolute atomic E-state index is 13.4. The number of pyridine rings is 1. The summed E-state index contributed by atoms with van der Waals surface area (Å²) < 4.78 is 12.3. The van der Waals surface area contributed by atoms with Crippen molar-refractivity contribution < 1.29 is 14.3 Å². The Morgan fingerprint density at radius 2 is 1.94 bits per heavy atom. The first-order valence-electron chi connectivity index (χ1n) is 11.1. The second-order valence-electron chi connectivity index (χ2n) is 7.92. The van der Waals surface area contributed by atoms with E-state index >= 15 is 0 Å². The molecular weight excluding hydrogens is 484 g/mol. The summed E-state index contributed by atoms with van der Waals surface area (Å²) in [5.41, 5.74) is 2.54. The van der Waals surface area contributed by atoms with Crippen LogP contribution in [0, 0.1) is 6.92 Å². The number of methoxy groups -OCH3 is 2. The fourth-order valence-electron chi connectivity index (χ4n) is 3.70. The second-order valence-corrected chi connectivity index (χ2v) is 9.59. The van der Waals surface area contributed by atoms with Crippen molar-refractivity contribution in [2.24, 2.45) is 0 Å². The zero-order valence-electron chi connectivity index (χ0n) is 19.7. The smallest absolute Gasteiger partial charge is 0.267 e. The molecule has 0 saturated carbocycles. The molecule has 1 fully saturated rings. The lowest BCUT2D eigenvalue weighted by molar-refractivity contribution is -0.122. The van der Waals surface area contributed by atoms with Gasteiger partial charge in [0.25, 0.3) is 11.5 Å². The molecule has 0 unspecified atom stereocenters. The third kappa shape index (κ3) is 5.39. The number of fused-ring (bicyclic) bond motifs is 1. The van der Waals surface area contributed by atoms with E-state index in [1.54, 1.807) is 37.5 Å². The zero-order valence-corrected chi connectivity index (χ0v) is 21.4. The minimum absolute atomic E-state index is 0.218. The van der Waals surface area contributed by atoms with Gasteiger partial charge in [-0.25, -0.2) is 4.98 Å². The maximum atomic E-state index is 13.4. The van der Waals surface area contributed by atoms with Gasteiger partial charge in [0.1, 0.15) is 21.5 Å². The molecule has 1 aliphatic heterocycles. The van der Waals surface area contributed by atoms with Crippen molar-refractivity contribution in [2.45, 2.75) is 13.3 Å². The summed E-state index contributed by atoms with van der Waals surface area (Å²) in [5.74, 6) is 0.970. The van der Waals surface area contributed by atoms with Gasteiger partial charge in [-0.2, -0.15) is 0 Å². The number of nitrogens with zero attached hydrogens (tertiary/aromatic N) is 3. The van der Waals surface area contributed by atoms with Crippen LogP contribution in [0.5, 0.6) is 5.75 Å². The SMILES string of the molecule is COCCNc1nc2c(C)cccn2c(=O)c1/C=C1\SC(=S)N(CCc2ccc(OC)cc2)C1=O. The predicted molar refractivity (Wildman–Crippen MR) is 143 cm³/mol. The highest BCUT2D eigenvalue weighted by molar-refractivity contribution is 8.26. The molecule has 8 nitrogen and oxygen atoms in total. The number of hydrogen-bond acceptors (Lipinski definition) is 8. The van der Waals surface area contributed by atoms with Crippen LogP contribution in [0.2, 0.25) is 0 Å². The predicted octanol–water partition coefficient (Wildman–Crippen LogP) is 3.51. The first-order valence-corrected chi connectivity index (χ1v) is 12.3. The van der Waals surface area contributed by atoms with Crippen LogP contribution >= 0.6 is 24.0 Å². The number of rotatable bonds is 9. The summed E-state index contributed by atoms with van der Waals surface area (Å²) in [6, 6.07) is 11.4. The van der Waals surface area contributed by atoms with Crippen LogP contribution in [0.25, 0.3) is 11.7 Å². The van der Waals surface area contributed by atoms with Gasteiger partial charge in [0.2, 0.25) is 0 Å². The number of thiocarbonyl (C=S) groups is 1. The number of benzene rings is 1. The lowest BCUT2D eigenvalue weighted by Gasteiger charge is -2.14. The third-order valence-corrected chi connectivity index (χ3v) is 6.99. The molecule has 1 saturated heterocycles. The van der Waals surface area contributed by atoms with Crippen molar-refractivity contribution >= 4 is 51.7 Å². The highest BCUT2D eigenvalue weighted by atomic mass is 32.2. The largest absolute Gasteiger partial charge is 0.497 e. The quantitative estimate of drug-likeness (QED) is 0.266. The van der Waals surface area contributed by atoms with E-state index in [2.05, 4.69) is 10.3 Å². The molecule has 10 heteroatoms. The average Bonchev–Trinajstić information content (AvgIpc) is 3.13. The Hall–Kier alpha value is -3.21. The van der Waals surface area contributed by atoms with Gasteiger partial charge in [-0.3, -0.25) is 18.9 Å². The molecule has 3 heterocycles. The highest BCUT2D eigenvalue weighted by Gasteiger charge is 2.32. The Morgan fingerprint density at radius 3 is 2.66 bits per heavy atom. The number of amides is 1. The van der Waals surface area contributed by atoms with Gasteiger partial charge < -0.3 is 14.8 Å². The number of aromatic nitrogens is 2. The Bertz CT molecular complexity index is 1350. The minimum atomic E-state index is -0.262. The highest BCUT2D eigenvalue weighted by Crippen LogP contribution is 2.33. The van der Waals surface area contributed by atoms with Gasteiger partial charge >= 0.3 is 0 Å². The van der Waals surface area contributed by atoms with E-state index < -0.39 is 0 Å². The van der Waals surface area contributed by atoms with Gasteiger partial charge in [0.15, 0.2) is 0 Å². The van der Waals surface area contributed by atoms with E-state index in [1.807, 2.05) is 37.3 Å². The Morgan fingerprint density at radius 1 is 1.17 bits per heavy atom. The summed E-state index contributed by atoms with van der Waals surface area (Å²) in [4.78, 5) is 33.2. The van der Waals surface area contributed by atoms with E-state index in [-0.39, 0.29) is 11.5 Å². The topological polar surface area (TPSA) is 85.2 Å². The molecular formula is C25H26N4O4S2. The third-order valence-electron chi connectivity index (χ3n) is 5.62. The molecule has 3 aromatic rings. The minimum Gasteiger partial charge on any atom is -0.497 e. The van der Waals surface area contributed by atoms with Crippen molar-refractivity contribution in [1.82, 2.24) is 14.3 Å². The molecule has 0 atom stereocenters. The Kier molecular flexibility index (Phi) is 7.84. The fourth-order valence-corrected chi connectivity index (χ4v) is 5.00. The Balaban J connectivity index is 1.63. The van der Waals surface area contributed by atoms with Crippen LogP contribution in [0.3, 0.4) is 0 Å². The standard InChI is InChI=1S/C25H26N4O4S2/c1-16-5-4-12-28-22(16)27-21(26-11-14-32-2)19(23(28)30)15-20-24(31)29(25(34)35-20)13-10-17-6-8-18(33-3)9-7-17/h4-9,12,15,26H,10-11,13-14H2,1-3H3/b20-15-. The number of ether oxygens (including phenoxy) is 2. The fraction of sp³-hybridized carbons (Fsp3) is 0.280. The summed E-state index contributed by atoms with van der Waals surface area (Å²) in [5, 5.41) is 3.17. The molecule has 1 aromatic carbocycles. The number of aryl methyl sites for hydroxylation is 1. The molecule has 4 rings (SSSR count). The van der Waals surface area contributed by atoms with E-state index in [9.17, 15) is 9.59 Å². The molecule has 0 spiro atoms. The normalized spacial score (nSPS) is 14.8. The lowest BCUT2D eigenvalue weighted by atomic mass is 10.1. The van der Waals surface area contributed by atoms with Crippen LogP contribution in [-0.4, -0.2) is 58.4 Å². The van der Waals surface area contributed by atoms with Gasteiger partial charge in [-0.15, -0.1) is 0 Å². The van der Waals surface area contributed by atoms with E-state index in [0.29, 0.717) is 52.4 Å². The van der Waals surface area contributed by atoms with Crippen molar-refractivity contribution in [3.63, 3.8) is 0 Å². The molecule has 1 aliphatic rings. The lowest BCUT2D eigenvalue weighted by Crippen LogP contribution is -2.30. The van der Waals surface area contributed by atoms with Crippen LogP contribution in [0.4, 0.5) is 5.82 Å². The molecule has 0 bridgehead atoms. The summed E-state index contributed by atoms with van der Waals surface area (Å²) in [6.07, 6.45) is 3.91. The second kappa shape index (κ2) is 11.0. The summed E-state index contributed by atoms with van der Waals surface area (Å²) in [7, 11) is 3.23. The molecule has 0 aliphatic carbocycles. The van der Waals surface area contributed by atoms with Gasteiger partial charge in [0.05, 0.1) is 24.2 Å².